The maximum Gasteiger partial charge on any atom is 0.232 e. The first-order valence-electron chi connectivity index (χ1n) is 5.68. The van der Waals surface area contributed by atoms with Gasteiger partial charge in [-0.25, -0.2) is 4.98 Å². The molecule has 1 aromatic heterocycles. The van der Waals surface area contributed by atoms with Crippen molar-refractivity contribution in [2.75, 3.05) is 0 Å². The monoisotopic (exact) mass is 244 g/mol. The summed E-state index contributed by atoms with van der Waals surface area (Å²) in [7, 11) is 0. The molecule has 0 bridgehead atoms. The van der Waals surface area contributed by atoms with E-state index in [1.54, 1.807) is 0 Å². The summed E-state index contributed by atoms with van der Waals surface area (Å²) in [6.45, 7) is 4.07. The van der Waals surface area contributed by atoms with Crippen LogP contribution >= 0.6 is 0 Å². The number of aromatic nitrogens is 1. The van der Waals surface area contributed by atoms with Gasteiger partial charge in [-0.1, -0.05) is 12.1 Å². The van der Waals surface area contributed by atoms with Gasteiger partial charge in [-0.2, -0.15) is 0 Å². The van der Waals surface area contributed by atoms with Crippen molar-refractivity contribution in [1.29, 1.82) is 0 Å². The Morgan fingerprint density at radius 3 is 2.56 bits per heavy atom. The van der Waals surface area contributed by atoms with E-state index in [9.17, 15) is 4.79 Å². The number of hydrogen-bond acceptors (Lipinski definition) is 4. The highest BCUT2D eigenvalue weighted by atomic mass is 16.5. The van der Waals surface area contributed by atoms with Gasteiger partial charge in [-0.05, 0) is 31.5 Å². The summed E-state index contributed by atoms with van der Waals surface area (Å²) >= 11 is 0. The molecule has 4 nitrogen and oxygen atoms in total. The van der Waals surface area contributed by atoms with Crippen LogP contribution in [-0.4, -0.2) is 11.3 Å². The molecule has 1 heterocycles. The molecule has 0 fully saturated rings. The Balaban J connectivity index is 1.95. The first kappa shape index (κ1) is 12.4. The lowest BCUT2D eigenvalue weighted by Crippen LogP contribution is -1.96. The van der Waals surface area contributed by atoms with Crippen LogP contribution in [0.25, 0.3) is 0 Å². The van der Waals surface area contributed by atoms with Crippen LogP contribution < -0.4 is 4.74 Å². The topological polar surface area (TPSA) is 52.3 Å². The predicted octanol–water partition coefficient (Wildman–Crippen LogP) is 2.52. The minimum absolute atomic E-state index is 0.299. The molecule has 0 saturated carbocycles. The highest BCUT2D eigenvalue weighted by molar-refractivity contribution is 5.55. The Labute approximate surface area is 106 Å². The Kier molecular flexibility index (Phi) is 3.77. The summed E-state index contributed by atoms with van der Waals surface area (Å²) in [6.07, 6.45) is 2.16. The van der Waals surface area contributed by atoms with Gasteiger partial charge in [0.15, 0.2) is 6.61 Å². The lowest BCUT2D eigenvalue weighted by atomic mass is 10.2. The molecule has 0 aliphatic rings. The summed E-state index contributed by atoms with van der Waals surface area (Å²) in [5.41, 5.74) is 1.80. The molecule has 18 heavy (non-hydrogen) atoms. The van der Waals surface area contributed by atoms with Crippen LogP contribution in [0.4, 0.5) is 0 Å². The maximum absolute atomic E-state index is 10.2. The van der Waals surface area contributed by atoms with Gasteiger partial charge in [0.2, 0.25) is 12.2 Å². The molecule has 93 valence electrons. The number of rotatable bonds is 5. The van der Waals surface area contributed by atoms with Gasteiger partial charge in [-0.15, -0.1) is 0 Å². The Morgan fingerprint density at radius 2 is 2.00 bits per heavy atom. The van der Waals surface area contributed by atoms with E-state index < -0.39 is 0 Å². The molecular formula is C14H14NO3. The summed E-state index contributed by atoms with van der Waals surface area (Å²) < 4.78 is 10.9. The van der Waals surface area contributed by atoms with Crippen LogP contribution in [0.5, 0.6) is 5.75 Å². The number of hydrogen-bond donors (Lipinski definition) is 0. The minimum atomic E-state index is 0.299. The SMILES string of the molecule is Cc1nc(COc2ccc(C[C]=O)cc2)oc1C. The van der Waals surface area contributed by atoms with Crippen LogP contribution in [-0.2, 0) is 17.8 Å². The Bertz CT molecular complexity index is 509. The number of aryl methyl sites for hydroxylation is 2. The fourth-order valence-corrected chi connectivity index (χ4v) is 1.53. The third kappa shape index (κ3) is 2.97. The zero-order valence-corrected chi connectivity index (χ0v) is 10.4. The number of ether oxygens (including phenoxy) is 1. The van der Waals surface area contributed by atoms with Crippen molar-refractivity contribution < 1.29 is 13.9 Å². The van der Waals surface area contributed by atoms with Gasteiger partial charge in [0, 0.05) is 6.42 Å². The molecule has 0 amide bonds. The van der Waals surface area contributed by atoms with Gasteiger partial charge in [0.05, 0.1) is 5.69 Å². The van der Waals surface area contributed by atoms with E-state index in [0.717, 1.165) is 22.8 Å². The van der Waals surface area contributed by atoms with Crippen molar-refractivity contribution in [1.82, 2.24) is 4.98 Å². The summed E-state index contributed by atoms with van der Waals surface area (Å²) in [4.78, 5) is 14.5. The highest BCUT2D eigenvalue weighted by Gasteiger charge is 2.06. The third-order valence-corrected chi connectivity index (χ3v) is 2.63. The lowest BCUT2D eigenvalue weighted by molar-refractivity contribution is 0.260. The Hall–Kier alpha value is -2.10. The number of carbonyl (C=O) groups excluding carboxylic acids is 1. The fraction of sp³-hybridized carbons (Fsp3) is 0.286. The standard InChI is InChI=1S/C14H14NO3/c1-10-11(2)18-14(15-10)9-17-13-5-3-12(4-6-13)7-8-16/h3-6H,7,9H2,1-2H3. The molecule has 0 spiro atoms. The van der Waals surface area contributed by atoms with Crippen molar-refractivity contribution in [2.45, 2.75) is 26.9 Å². The average Bonchev–Trinajstić information content (AvgIpc) is 2.68. The van der Waals surface area contributed by atoms with Crippen LogP contribution in [0.2, 0.25) is 0 Å². The molecule has 0 saturated heterocycles. The van der Waals surface area contributed by atoms with Crippen LogP contribution in [0, 0.1) is 13.8 Å². The molecule has 2 aromatic rings. The molecule has 0 unspecified atom stereocenters. The molecule has 1 aromatic carbocycles. The molecule has 0 N–H and O–H groups in total. The van der Waals surface area contributed by atoms with E-state index in [1.807, 2.05) is 44.4 Å². The van der Waals surface area contributed by atoms with E-state index in [4.69, 9.17) is 9.15 Å². The van der Waals surface area contributed by atoms with E-state index in [1.165, 1.54) is 0 Å². The molecule has 0 atom stereocenters. The summed E-state index contributed by atoms with van der Waals surface area (Å²) in [6, 6.07) is 7.31. The van der Waals surface area contributed by atoms with Crippen LogP contribution in [0.15, 0.2) is 28.7 Å². The van der Waals surface area contributed by atoms with E-state index >= 15 is 0 Å². The number of oxazole rings is 1. The van der Waals surface area contributed by atoms with Gasteiger partial charge in [0.25, 0.3) is 0 Å². The van der Waals surface area contributed by atoms with Gasteiger partial charge < -0.3 is 9.15 Å². The van der Waals surface area contributed by atoms with Crippen molar-refractivity contribution in [2.24, 2.45) is 0 Å². The molecule has 4 heteroatoms. The van der Waals surface area contributed by atoms with Crippen LogP contribution in [0.3, 0.4) is 0 Å². The third-order valence-electron chi connectivity index (χ3n) is 2.63. The summed E-state index contributed by atoms with van der Waals surface area (Å²) in [5.74, 6) is 2.10. The average molecular weight is 244 g/mol. The molecule has 0 aliphatic carbocycles. The first-order chi connectivity index (χ1) is 8.69. The maximum atomic E-state index is 10.2. The second-order valence-corrected chi connectivity index (χ2v) is 4.00. The van der Waals surface area contributed by atoms with Gasteiger partial charge in [0.1, 0.15) is 11.5 Å². The van der Waals surface area contributed by atoms with E-state index in [2.05, 4.69) is 4.98 Å². The fourth-order valence-electron chi connectivity index (χ4n) is 1.53. The summed E-state index contributed by atoms with van der Waals surface area (Å²) in [5, 5.41) is 0. The van der Waals surface area contributed by atoms with Crippen molar-refractivity contribution in [3.05, 3.63) is 47.2 Å². The minimum Gasteiger partial charge on any atom is -0.484 e. The van der Waals surface area contributed by atoms with E-state index in [-0.39, 0.29) is 0 Å². The van der Waals surface area contributed by atoms with Gasteiger partial charge >= 0.3 is 0 Å². The quantitative estimate of drug-likeness (QED) is 0.811. The zero-order valence-electron chi connectivity index (χ0n) is 10.4. The first-order valence-corrected chi connectivity index (χ1v) is 5.68. The predicted molar refractivity (Wildman–Crippen MR) is 66.1 cm³/mol. The smallest absolute Gasteiger partial charge is 0.232 e. The zero-order chi connectivity index (χ0) is 13.0. The molecule has 0 aliphatic heterocycles. The van der Waals surface area contributed by atoms with Crippen molar-refractivity contribution in [3.8, 4) is 5.75 Å². The molecule has 1 radical (unpaired) electrons. The second kappa shape index (κ2) is 5.49. The highest BCUT2D eigenvalue weighted by Crippen LogP contribution is 2.15. The van der Waals surface area contributed by atoms with Gasteiger partial charge in [-0.3, -0.25) is 4.79 Å². The Morgan fingerprint density at radius 1 is 1.28 bits per heavy atom. The second-order valence-electron chi connectivity index (χ2n) is 4.00. The van der Waals surface area contributed by atoms with Crippen molar-refractivity contribution >= 4 is 6.29 Å². The van der Waals surface area contributed by atoms with E-state index in [0.29, 0.717) is 18.9 Å². The number of nitrogens with zero attached hydrogens (tertiary/aromatic N) is 1. The number of benzene rings is 1. The van der Waals surface area contributed by atoms with Crippen molar-refractivity contribution in [3.63, 3.8) is 0 Å². The van der Waals surface area contributed by atoms with Crippen LogP contribution in [0.1, 0.15) is 22.9 Å². The molecular weight excluding hydrogens is 230 g/mol. The normalized spacial score (nSPS) is 10.3. The molecule has 2 rings (SSSR count). The largest absolute Gasteiger partial charge is 0.484 e. The lowest BCUT2D eigenvalue weighted by Gasteiger charge is -2.03.